The van der Waals surface area contributed by atoms with Gasteiger partial charge in [-0.05, 0) is 24.9 Å². The highest BCUT2D eigenvalue weighted by Gasteiger charge is 2.29. The summed E-state index contributed by atoms with van der Waals surface area (Å²) in [6, 6.07) is 6.39. The highest BCUT2D eigenvalue weighted by Crippen LogP contribution is 2.22. The normalized spacial score (nSPS) is 24.5. The lowest BCUT2D eigenvalue weighted by atomic mass is 9.87. The predicted octanol–water partition coefficient (Wildman–Crippen LogP) is 1.25. The van der Waals surface area contributed by atoms with Gasteiger partial charge in [0.15, 0.2) is 0 Å². The predicted molar refractivity (Wildman–Crippen MR) is 63.9 cm³/mol. The molecule has 0 radical (unpaired) electrons. The van der Waals surface area contributed by atoms with Gasteiger partial charge in [-0.2, -0.15) is 0 Å². The molecular formula is C12H16N2O3. The standard InChI is InChI=1S/C12H16N2O3/c15-12(6-1-7-13-9-12)8-10-2-4-11(5-3-10)14(16)17/h2-5,13,15H,1,6-9H2. The number of nitrogens with zero attached hydrogens (tertiary/aromatic N) is 1. The summed E-state index contributed by atoms with van der Waals surface area (Å²) in [6.07, 6.45) is 2.28. The molecule has 1 saturated heterocycles. The quantitative estimate of drug-likeness (QED) is 0.611. The summed E-state index contributed by atoms with van der Waals surface area (Å²) in [5.74, 6) is 0. The Morgan fingerprint density at radius 2 is 2.12 bits per heavy atom. The van der Waals surface area contributed by atoms with Crippen LogP contribution in [0.4, 0.5) is 5.69 Å². The molecule has 17 heavy (non-hydrogen) atoms. The zero-order chi connectivity index (χ0) is 12.3. The molecule has 0 aliphatic carbocycles. The van der Waals surface area contributed by atoms with Crippen LogP contribution in [0.25, 0.3) is 0 Å². The smallest absolute Gasteiger partial charge is 0.269 e. The van der Waals surface area contributed by atoms with Crippen molar-refractivity contribution in [2.75, 3.05) is 13.1 Å². The van der Waals surface area contributed by atoms with Crippen LogP contribution in [0.3, 0.4) is 0 Å². The molecule has 0 saturated carbocycles. The van der Waals surface area contributed by atoms with Crippen LogP contribution in [0.2, 0.25) is 0 Å². The van der Waals surface area contributed by atoms with Gasteiger partial charge >= 0.3 is 0 Å². The van der Waals surface area contributed by atoms with Gasteiger partial charge in [-0.25, -0.2) is 0 Å². The van der Waals surface area contributed by atoms with Crippen molar-refractivity contribution in [1.29, 1.82) is 0 Å². The lowest BCUT2D eigenvalue weighted by Crippen LogP contribution is -2.47. The first-order chi connectivity index (χ1) is 8.09. The summed E-state index contributed by atoms with van der Waals surface area (Å²) >= 11 is 0. The van der Waals surface area contributed by atoms with E-state index in [9.17, 15) is 15.2 Å². The van der Waals surface area contributed by atoms with E-state index in [-0.39, 0.29) is 5.69 Å². The summed E-state index contributed by atoms with van der Waals surface area (Å²) < 4.78 is 0. The van der Waals surface area contributed by atoms with E-state index in [2.05, 4.69) is 5.32 Å². The maximum atomic E-state index is 10.5. The van der Waals surface area contributed by atoms with Crippen molar-refractivity contribution >= 4 is 5.69 Å². The number of aliphatic hydroxyl groups is 1. The second-order valence-corrected chi connectivity index (χ2v) is 4.61. The Kier molecular flexibility index (Phi) is 3.40. The van der Waals surface area contributed by atoms with E-state index in [1.807, 2.05) is 0 Å². The van der Waals surface area contributed by atoms with Gasteiger partial charge in [-0.15, -0.1) is 0 Å². The van der Waals surface area contributed by atoms with Crippen molar-refractivity contribution in [2.45, 2.75) is 24.9 Å². The first kappa shape index (κ1) is 12.0. The highest BCUT2D eigenvalue weighted by molar-refractivity contribution is 5.33. The van der Waals surface area contributed by atoms with Crippen LogP contribution in [0, 0.1) is 10.1 Å². The molecule has 1 aromatic rings. The molecule has 1 heterocycles. The second kappa shape index (κ2) is 4.81. The summed E-state index contributed by atoms with van der Waals surface area (Å²) in [5, 5.41) is 24.0. The van der Waals surface area contributed by atoms with Crippen molar-refractivity contribution in [2.24, 2.45) is 0 Å². The summed E-state index contributed by atoms with van der Waals surface area (Å²) in [5.41, 5.74) is 0.304. The molecular weight excluding hydrogens is 220 g/mol. The van der Waals surface area contributed by atoms with Crippen LogP contribution >= 0.6 is 0 Å². The number of nitrogens with one attached hydrogen (secondary N) is 1. The summed E-state index contributed by atoms with van der Waals surface area (Å²) in [4.78, 5) is 10.1. The first-order valence-electron chi connectivity index (χ1n) is 5.76. The molecule has 2 rings (SSSR count). The number of rotatable bonds is 3. The third-order valence-electron chi connectivity index (χ3n) is 3.13. The number of β-amino-alcohol motifs (C(OH)–C–C–N with tert-alkyl or cyclic N) is 1. The SMILES string of the molecule is O=[N+]([O-])c1ccc(CC2(O)CCCNC2)cc1. The molecule has 5 heteroatoms. The van der Waals surface area contributed by atoms with Crippen molar-refractivity contribution in [3.63, 3.8) is 0 Å². The molecule has 5 nitrogen and oxygen atoms in total. The molecule has 1 aliphatic rings. The van der Waals surface area contributed by atoms with Crippen LogP contribution in [0.5, 0.6) is 0 Å². The largest absolute Gasteiger partial charge is 0.388 e. The number of non-ortho nitro benzene ring substituents is 1. The van der Waals surface area contributed by atoms with Gasteiger partial charge in [0.05, 0.1) is 10.5 Å². The van der Waals surface area contributed by atoms with Crippen molar-refractivity contribution < 1.29 is 10.0 Å². The summed E-state index contributed by atoms with van der Waals surface area (Å²) in [6.45, 7) is 1.53. The molecule has 0 amide bonds. The Morgan fingerprint density at radius 1 is 1.41 bits per heavy atom. The van der Waals surface area contributed by atoms with Crippen LogP contribution < -0.4 is 5.32 Å². The first-order valence-corrected chi connectivity index (χ1v) is 5.76. The van der Waals surface area contributed by atoms with E-state index >= 15 is 0 Å². The Bertz CT molecular complexity index is 397. The molecule has 0 bridgehead atoms. The fraction of sp³-hybridized carbons (Fsp3) is 0.500. The van der Waals surface area contributed by atoms with Crippen molar-refractivity contribution in [1.82, 2.24) is 5.32 Å². The zero-order valence-electron chi connectivity index (χ0n) is 9.56. The Hall–Kier alpha value is -1.46. The van der Waals surface area contributed by atoms with E-state index in [1.165, 1.54) is 12.1 Å². The van der Waals surface area contributed by atoms with E-state index in [0.29, 0.717) is 13.0 Å². The van der Waals surface area contributed by atoms with Gasteiger partial charge < -0.3 is 10.4 Å². The van der Waals surface area contributed by atoms with Crippen LogP contribution in [0.1, 0.15) is 18.4 Å². The van der Waals surface area contributed by atoms with Crippen molar-refractivity contribution in [3.8, 4) is 0 Å². The fourth-order valence-electron chi connectivity index (χ4n) is 2.22. The topological polar surface area (TPSA) is 75.4 Å². The van der Waals surface area contributed by atoms with Gasteiger partial charge in [0.25, 0.3) is 5.69 Å². The maximum absolute atomic E-state index is 10.5. The number of piperidine rings is 1. The van der Waals surface area contributed by atoms with E-state index in [4.69, 9.17) is 0 Å². The average molecular weight is 236 g/mol. The molecule has 0 aromatic heterocycles. The van der Waals surface area contributed by atoms with E-state index in [0.717, 1.165) is 24.9 Å². The maximum Gasteiger partial charge on any atom is 0.269 e. The Balaban J connectivity index is 2.05. The van der Waals surface area contributed by atoms with Crippen LogP contribution in [-0.2, 0) is 6.42 Å². The fourth-order valence-corrected chi connectivity index (χ4v) is 2.22. The molecule has 92 valence electrons. The summed E-state index contributed by atoms with van der Waals surface area (Å²) in [7, 11) is 0. The van der Waals surface area contributed by atoms with Gasteiger partial charge in [0.2, 0.25) is 0 Å². The number of nitro benzene ring substituents is 1. The molecule has 0 spiro atoms. The zero-order valence-corrected chi connectivity index (χ0v) is 9.56. The lowest BCUT2D eigenvalue weighted by Gasteiger charge is -2.32. The minimum absolute atomic E-state index is 0.0857. The molecule has 2 N–H and O–H groups in total. The number of hydrogen-bond acceptors (Lipinski definition) is 4. The van der Waals surface area contributed by atoms with Crippen LogP contribution in [0.15, 0.2) is 24.3 Å². The number of benzene rings is 1. The van der Waals surface area contributed by atoms with Gasteiger partial charge in [0, 0.05) is 25.1 Å². The van der Waals surface area contributed by atoms with Crippen LogP contribution in [-0.4, -0.2) is 28.7 Å². The van der Waals surface area contributed by atoms with Gasteiger partial charge in [0.1, 0.15) is 0 Å². The Morgan fingerprint density at radius 3 is 2.65 bits per heavy atom. The second-order valence-electron chi connectivity index (χ2n) is 4.61. The lowest BCUT2D eigenvalue weighted by molar-refractivity contribution is -0.384. The number of hydrogen-bond donors (Lipinski definition) is 2. The molecule has 1 atom stereocenters. The van der Waals surface area contributed by atoms with E-state index in [1.54, 1.807) is 12.1 Å². The monoisotopic (exact) mass is 236 g/mol. The molecule has 1 fully saturated rings. The molecule has 1 unspecified atom stereocenters. The van der Waals surface area contributed by atoms with E-state index < -0.39 is 10.5 Å². The van der Waals surface area contributed by atoms with Gasteiger partial charge in [-0.3, -0.25) is 10.1 Å². The molecule has 1 aromatic carbocycles. The molecule has 1 aliphatic heterocycles. The minimum atomic E-state index is -0.714. The van der Waals surface area contributed by atoms with Gasteiger partial charge in [-0.1, -0.05) is 12.1 Å². The minimum Gasteiger partial charge on any atom is -0.388 e. The highest BCUT2D eigenvalue weighted by atomic mass is 16.6. The third kappa shape index (κ3) is 3.01. The number of nitro groups is 1. The Labute approximate surface area is 99.6 Å². The van der Waals surface area contributed by atoms with Crippen molar-refractivity contribution in [3.05, 3.63) is 39.9 Å². The third-order valence-corrected chi connectivity index (χ3v) is 3.13. The average Bonchev–Trinajstić information content (AvgIpc) is 2.30.